The normalized spacial score (nSPS) is 18.3. The Morgan fingerprint density at radius 3 is 2.28 bits per heavy atom. The Bertz CT molecular complexity index is 1220. The van der Waals surface area contributed by atoms with Gasteiger partial charge in [0.2, 0.25) is 10.0 Å². The number of hydrogen-bond donors (Lipinski definition) is 1. The van der Waals surface area contributed by atoms with E-state index in [9.17, 15) is 17.6 Å². The van der Waals surface area contributed by atoms with Gasteiger partial charge in [-0.1, -0.05) is 35.3 Å². The predicted octanol–water partition coefficient (Wildman–Crippen LogP) is 5.42. The molecule has 2 amide bonds. The highest BCUT2D eigenvalue weighted by atomic mass is 35.5. The molecule has 2 aliphatic rings. The van der Waals surface area contributed by atoms with Crippen molar-refractivity contribution in [2.75, 3.05) is 50.4 Å². The standard InChI is InChI=1S/C28H37Cl2FN4O3S/c1-39(37,38)34-17-11-24(12-18-34)32-28(36)35(25-7-8-26(29)27(30)20-25)14-2-13-33-15-9-22(10-16-33)19-21-3-5-23(31)6-4-21/h3-8,20,22,24H,2,9-19H2,1H3,(H,32,36). The largest absolute Gasteiger partial charge is 0.335 e. The maximum absolute atomic E-state index is 13.4. The van der Waals surface area contributed by atoms with Gasteiger partial charge in [0.15, 0.2) is 0 Å². The van der Waals surface area contributed by atoms with Crippen molar-refractivity contribution in [3.8, 4) is 0 Å². The molecule has 2 fully saturated rings. The number of anilines is 1. The Kier molecular flexibility index (Phi) is 10.5. The smallest absolute Gasteiger partial charge is 0.322 e. The van der Waals surface area contributed by atoms with Crippen molar-refractivity contribution in [1.29, 1.82) is 0 Å². The molecule has 2 heterocycles. The van der Waals surface area contributed by atoms with Crippen LogP contribution >= 0.6 is 23.2 Å². The van der Waals surface area contributed by atoms with Gasteiger partial charge in [-0.25, -0.2) is 21.9 Å². The molecule has 2 aromatic rings. The van der Waals surface area contributed by atoms with E-state index in [1.165, 1.54) is 28.3 Å². The summed E-state index contributed by atoms with van der Waals surface area (Å²) in [5, 5.41) is 3.91. The molecular weight excluding hydrogens is 562 g/mol. The fraction of sp³-hybridized carbons (Fsp3) is 0.536. The highest BCUT2D eigenvalue weighted by molar-refractivity contribution is 7.88. The minimum atomic E-state index is -3.23. The van der Waals surface area contributed by atoms with E-state index < -0.39 is 10.0 Å². The lowest BCUT2D eigenvalue weighted by Crippen LogP contribution is -2.50. The van der Waals surface area contributed by atoms with Gasteiger partial charge in [-0.2, -0.15) is 0 Å². The number of piperidine rings is 2. The molecule has 7 nitrogen and oxygen atoms in total. The molecular formula is C28H37Cl2FN4O3S. The van der Waals surface area contributed by atoms with Crippen molar-refractivity contribution >= 4 is 44.9 Å². The molecule has 39 heavy (non-hydrogen) atoms. The molecule has 2 saturated heterocycles. The van der Waals surface area contributed by atoms with Crippen LogP contribution in [0, 0.1) is 11.7 Å². The number of amides is 2. The van der Waals surface area contributed by atoms with Crippen molar-refractivity contribution in [2.45, 2.75) is 44.6 Å². The van der Waals surface area contributed by atoms with Crippen LogP contribution in [0.5, 0.6) is 0 Å². The topological polar surface area (TPSA) is 73.0 Å². The zero-order valence-corrected chi connectivity index (χ0v) is 24.6. The first kappa shape index (κ1) is 30.1. The number of benzene rings is 2. The molecule has 0 spiro atoms. The Balaban J connectivity index is 1.29. The van der Waals surface area contributed by atoms with Crippen LogP contribution in [0.15, 0.2) is 42.5 Å². The van der Waals surface area contributed by atoms with Gasteiger partial charge >= 0.3 is 6.03 Å². The Morgan fingerprint density at radius 2 is 1.67 bits per heavy atom. The van der Waals surface area contributed by atoms with Gasteiger partial charge < -0.3 is 10.2 Å². The molecule has 214 valence electrons. The molecule has 0 saturated carbocycles. The Hall–Kier alpha value is -1.91. The highest BCUT2D eigenvalue weighted by Gasteiger charge is 2.28. The zero-order valence-electron chi connectivity index (χ0n) is 22.3. The summed E-state index contributed by atoms with van der Waals surface area (Å²) in [6.45, 7) is 4.19. The minimum Gasteiger partial charge on any atom is -0.335 e. The highest BCUT2D eigenvalue weighted by Crippen LogP contribution is 2.28. The lowest BCUT2D eigenvalue weighted by atomic mass is 9.90. The van der Waals surface area contributed by atoms with Gasteiger partial charge in [-0.05, 0) is 100.0 Å². The van der Waals surface area contributed by atoms with Gasteiger partial charge in [0.25, 0.3) is 0 Å². The fourth-order valence-corrected chi connectivity index (χ4v) is 6.57. The molecule has 1 N–H and O–H groups in total. The zero-order chi connectivity index (χ0) is 28.0. The van der Waals surface area contributed by atoms with Crippen LogP contribution in [-0.4, -0.2) is 75.2 Å². The third kappa shape index (κ3) is 8.79. The van der Waals surface area contributed by atoms with Crippen molar-refractivity contribution in [1.82, 2.24) is 14.5 Å². The molecule has 0 aromatic heterocycles. The van der Waals surface area contributed by atoms with E-state index in [2.05, 4.69) is 10.2 Å². The number of carbonyl (C=O) groups is 1. The molecule has 0 aliphatic carbocycles. The van der Waals surface area contributed by atoms with Crippen LogP contribution in [0.1, 0.15) is 37.7 Å². The number of carbonyl (C=O) groups excluding carboxylic acids is 1. The average molecular weight is 600 g/mol. The van der Waals surface area contributed by atoms with E-state index in [4.69, 9.17) is 23.2 Å². The van der Waals surface area contributed by atoms with Crippen LogP contribution in [0.25, 0.3) is 0 Å². The summed E-state index contributed by atoms with van der Waals surface area (Å²) >= 11 is 12.4. The van der Waals surface area contributed by atoms with Crippen molar-refractivity contribution in [3.05, 3.63) is 63.9 Å². The summed E-state index contributed by atoms with van der Waals surface area (Å²) in [5.41, 5.74) is 1.86. The number of hydrogen-bond acceptors (Lipinski definition) is 4. The van der Waals surface area contributed by atoms with Gasteiger partial charge in [0, 0.05) is 31.4 Å². The molecule has 2 aliphatic heterocycles. The lowest BCUT2D eigenvalue weighted by Gasteiger charge is -2.34. The first-order valence-corrected chi connectivity index (χ1v) is 16.1. The van der Waals surface area contributed by atoms with Crippen LogP contribution in [0.4, 0.5) is 14.9 Å². The summed E-state index contributed by atoms with van der Waals surface area (Å²) in [6, 6.07) is 11.7. The van der Waals surface area contributed by atoms with Crippen LogP contribution in [-0.2, 0) is 16.4 Å². The Morgan fingerprint density at radius 1 is 1.00 bits per heavy atom. The summed E-state index contributed by atoms with van der Waals surface area (Å²) in [7, 11) is -3.23. The molecule has 0 bridgehead atoms. The van der Waals surface area contributed by atoms with E-state index in [-0.39, 0.29) is 17.9 Å². The number of halogens is 3. The van der Waals surface area contributed by atoms with Crippen LogP contribution in [0.3, 0.4) is 0 Å². The second kappa shape index (κ2) is 13.6. The first-order valence-electron chi connectivity index (χ1n) is 13.5. The number of urea groups is 1. The second-order valence-corrected chi connectivity index (χ2v) is 13.4. The lowest BCUT2D eigenvalue weighted by molar-refractivity contribution is 0.182. The summed E-state index contributed by atoms with van der Waals surface area (Å²) in [6.07, 6.45) is 6.32. The molecule has 0 radical (unpaired) electrons. The van der Waals surface area contributed by atoms with Crippen LogP contribution < -0.4 is 10.2 Å². The minimum absolute atomic E-state index is 0.0964. The second-order valence-electron chi connectivity index (χ2n) is 10.6. The molecule has 0 unspecified atom stereocenters. The SMILES string of the molecule is CS(=O)(=O)N1CCC(NC(=O)N(CCCN2CCC(Cc3ccc(F)cc3)CC2)c2ccc(Cl)c(Cl)c2)CC1. The van der Waals surface area contributed by atoms with Crippen LogP contribution in [0.2, 0.25) is 10.0 Å². The summed E-state index contributed by atoms with van der Waals surface area (Å²) < 4.78 is 38.3. The van der Waals surface area contributed by atoms with Crippen molar-refractivity contribution < 1.29 is 17.6 Å². The van der Waals surface area contributed by atoms with E-state index in [0.717, 1.165) is 45.3 Å². The number of sulfonamides is 1. The first-order chi connectivity index (χ1) is 18.6. The number of rotatable bonds is 9. The van der Waals surface area contributed by atoms with Gasteiger partial charge in [0.1, 0.15) is 5.82 Å². The number of nitrogens with zero attached hydrogens (tertiary/aromatic N) is 3. The van der Waals surface area contributed by atoms with E-state index >= 15 is 0 Å². The van der Waals surface area contributed by atoms with Gasteiger partial charge in [-0.15, -0.1) is 0 Å². The molecule has 0 atom stereocenters. The summed E-state index contributed by atoms with van der Waals surface area (Å²) in [4.78, 5) is 17.5. The van der Waals surface area contributed by atoms with E-state index in [1.807, 2.05) is 12.1 Å². The van der Waals surface area contributed by atoms with Crippen molar-refractivity contribution in [2.24, 2.45) is 5.92 Å². The van der Waals surface area contributed by atoms with E-state index in [1.54, 1.807) is 23.1 Å². The third-order valence-electron chi connectivity index (χ3n) is 7.71. The quantitative estimate of drug-likeness (QED) is 0.418. The maximum atomic E-state index is 13.4. The third-order valence-corrected chi connectivity index (χ3v) is 9.75. The Labute approximate surface area is 241 Å². The fourth-order valence-electron chi connectivity index (χ4n) is 5.41. The number of nitrogens with one attached hydrogen (secondary N) is 1. The molecule has 2 aromatic carbocycles. The monoisotopic (exact) mass is 598 g/mol. The van der Waals surface area contributed by atoms with Crippen molar-refractivity contribution in [3.63, 3.8) is 0 Å². The molecule has 11 heteroatoms. The molecule has 4 rings (SSSR count). The summed E-state index contributed by atoms with van der Waals surface area (Å²) in [5.74, 6) is 0.397. The van der Waals surface area contributed by atoms with E-state index in [0.29, 0.717) is 54.1 Å². The van der Waals surface area contributed by atoms with Gasteiger partial charge in [0.05, 0.1) is 16.3 Å². The average Bonchev–Trinajstić information content (AvgIpc) is 2.90. The predicted molar refractivity (Wildman–Crippen MR) is 156 cm³/mol. The number of likely N-dealkylation sites (tertiary alicyclic amines) is 1. The van der Waals surface area contributed by atoms with Gasteiger partial charge in [-0.3, -0.25) is 4.90 Å². The maximum Gasteiger partial charge on any atom is 0.322 e.